The molecular weight excluding hydrogens is 290 g/mol. The van der Waals surface area contributed by atoms with Crippen molar-refractivity contribution in [2.75, 3.05) is 20.7 Å². The van der Waals surface area contributed by atoms with E-state index in [2.05, 4.69) is 29.6 Å². The summed E-state index contributed by atoms with van der Waals surface area (Å²) in [5.41, 5.74) is 1.90. The number of nitrogens with one attached hydrogen (secondary N) is 1. The van der Waals surface area contributed by atoms with Gasteiger partial charge in [0, 0.05) is 0 Å². The monoisotopic (exact) mass is 313 g/mol. The highest BCUT2D eigenvalue weighted by atomic mass is 79.9. The molecule has 0 bridgehead atoms. The van der Waals surface area contributed by atoms with Crippen molar-refractivity contribution in [1.82, 2.24) is 5.32 Å². The molecule has 2 rings (SSSR count). The highest BCUT2D eigenvalue weighted by molar-refractivity contribution is 8.93. The standard InChI is InChI=1S/C15H23NO.BrH/c1-16-12-11-15(9-3-4-10-15)13-5-7-14(17-2)8-6-13;/h5-8,16H,3-4,9-12H2,1-2H3;1H. The van der Waals surface area contributed by atoms with Gasteiger partial charge < -0.3 is 10.1 Å². The van der Waals surface area contributed by atoms with Gasteiger partial charge in [0.05, 0.1) is 7.11 Å². The van der Waals surface area contributed by atoms with Crippen molar-refractivity contribution in [3.63, 3.8) is 0 Å². The Morgan fingerprint density at radius 1 is 1.17 bits per heavy atom. The van der Waals surface area contributed by atoms with E-state index in [9.17, 15) is 0 Å². The van der Waals surface area contributed by atoms with Gasteiger partial charge in [-0.1, -0.05) is 25.0 Å². The molecule has 1 aliphatic carbocycles. The van der Waals surface area contributed by atoms with E-state index in [0.29, 0.717) is 5.41 Å². The van der Waals surface area contributed by atoms with Gasteiger partial charge in [-0.3, -0.25) is 0 Å². The van der Waals surface area contributed by atoms with Gasteiger partial charge in [0.15, 0.2) is 0 Å². The van der Waals surface area contributed by atoms with Crippen LogP contribution in [0.1, 0.15) is 37.7 Å². The van der Waals surface area contributed by atoms with Crippen molar-refractivity contribution in [3.05, 3.63) is 29.8 Å². The lowest BCUT2D eigenvalue weighted by atomic mass is 9.76. The molecule has 1 aromatic rings. The quantitative estimate of drug-likeness (QED) is 0.895. The zero-order chi connectivity index (χ0) is 12.1. The first-order chi connectivity index (χ1) is 8.30. The summed E-state index contributed by atoms with van der Waals surface area (Å²) in [5, 5.41) is 3.29. The van der Waals surface area contributed by atoms with Crippen molar-refractivity contribution in [1.29, 1.82) is 0 Å². The molecule has 0 heterocycles. The van der Waals surface area contributed by atoms with E-state index < -0.39 is 0 Å². The molecule has 3 heteroatoms. The van der Waals surface area contributed by atoms with Gasteiger partial charge in [0.25, 0.3) is 0 Å². The Balaban J connectivity index is 0.00000162. The van der Waals surface area contributed by atoms with Crippen LogP contribution in [0.15, 0.2) is 24.3 Å². The molecule has 0 saturated heterocycles. The van der Waals surface area contributed by atoms with Crippen LogP contribution in [0.2, 0.25) is 0 Å². The lowest BCUT2D eigenvalue weighted by molar-refractivity contribution is 0.395. The van der Waals surface area contributed by atoms with Crippen LogP contribution >= 0.6 is 17.0 Å². The molecule has 1 aliphatic rings. The third kappa shape index (κ3) is 3.27. The normalized spacial score (nSPS) is 17.2. The van der Waals surface area contributed by atoms with Crippen LogP contribution in [-0.2, 0) is 5.41 Å². The van der Waals surface area contributed by atoms with Crippen LogP contribution in [0, 0.1) is 0 Å². The van der Waals surface area contributed by atoms with Gasteiger partial charge in [-0.2, -0.15) is 0 Å². The Hall–Kier alpha value is -0.540. The summed E-state index contributed by atoms with van der Waals surface area (Å²) in [7, 11) is 3.76. The zero-order valence-electron chi connectivity index (χ0n) is 11.4. The number of methoxy groups -OCH3 is 1. The number of hydrogen-bond acceptors (Lipinski definition) is 2. The van der Waals surface area contributed by atoms with Gasteiger partial charge in [0.1, 0.15) is 5.75 Å². The number of rotatable bonds is 5. The van der Waals surface area contributed by atoms with Crippen LogP contribution in [0.5, 0.6) is 5.75 Å². The Morgan fingerprint density at radius 2 is 1.78 bits per heavy atom. The molecule has 1 N–H and O–H groups in total. The fraction of sp³-hybridized carbons (Fsp3) is 0.600. The first kappa shape index (κ1) is 15.5. The third-order valence-corrected chi connectivity index (χ3v) is 4.12. The largest absolute Gasteiger partial charge is 0.497 e. The molecule has 18 heavy (non-hydrogen) atoms. The van der Waals surface area contributed by atoms with Gasteiger partial charge in [-0.15, -0.1) is 17.0 Å². The molecule has 2 nitrogen and oxygen atoms in total. The first-order valence-corrected chi connectivity index (χ1v) is 6.60. The van der Waals surface area contributed by atoms with Gasteiger partial charge in [-0.05, 0) is 56.0 Å². The number of halogens is 1. The molecule has 0 unspecified atom stereocenters. The summed E-state index contributed by atoms with van der Waals surface area (Å²) in [5.74, 6) is 0.954. The van der Waals surface area contributed by atoms with E-state index in [-0.39, 0.29) is 17.0 Å². The van der Waals surface area contributed by atoms with Gasteiger partial charge >= 0.3 is 0 Å². The maximum absolute atomic E-state index is 5.23. The van der Waals surface area contributed by atoms with E-state index >= 15 is 0 Å². The maximum atomic E-state index is 5.23. The van der Waals surface area contributed by atoms with Crippen LogP contribution in [-0.4, -0.2) is 20.7 Å². The van der Waals surface area contributed by atoms with Crippen LogP contribution in [0.3, 0.4) is 0 Å². The summed E-state index contributed by atoms with van der Waals surface area (Å²) >= 11 is 0. The number of benzene rings is 1. The smallest absolute Gasteiger partial charge is 0.118 e. The van der Waals surface area contributed by atoms with Crippen LogP contribution in [0.25, 0.3) is 0 Å². The molecule has 0 spiro atoms. The Bertz CT molecular complexity index is 344. The van der Waals surface area contributed by atoms with Crippen LogP contribution in [0.4, 0.5) is 0 Å². The lowest BCUT2D eigenvalue weighted by Crippen LogP contribution is -2.27. The van der Waals surface area contributed by atoms with Gasteiger partial charge in [-0.25, -0.2) is 0 Å². The lowest BCUT2D eigenvalue weighted by Gasteiger charge is -2.30. The maximum Gasteiger partial charge on any atom is 0.118 e. The van der Waals surface area contributed by atoms with E-state index in [1.165, 1.54) is 37.7 Å². The Labute approximate surface area is 121 Å². The minimum absolute atomic E-state index is 0. The minimum atomic E-state index is 0. The molecular formula is C15H24BrNO. The van der Waals surface area contributed by atoms with Crippen molar-refractivity contribution < 1.29 is 4.74 Å². The molecule has 1 aromatic carbocycles. The van der Waals surface area contributed by atoms with Crippen molar-refractivity contribution in [2.24, 2.45) is 0 Å². The van der Waals surface area contributed by atoms with Crippen molar-refractivity contribution in [2.45, 2.75) is 37.5 Å². The molecule has 0 aromatic heterocycles. The number of ether oxygens (including phenoxy) is 1. The summed E-state index contributed by atoms with van der Waals surface area (Å²) in [6.45, 7) is 1.10. The SMILES string of the molecule is Br.CNCCC1(c2ccc(OC)cc2)CCCC1. The average molecular weight is 314 g/mol. The molecule has 0 amide bonds. The molecule has 0 atom stereocenters. The first-order valence-electron chi connectivity index (χ1n) is 6.60. The molecule has 0 radical (unpaired) electrons. The second-order valence-electron chi connectivity index (χ2n) is 5.07. The minimum Gasteiger partial charge on any atom is -0.497 e. The topological polar surface area (TPSA) is 21.3 Å². The summed E-state index contributed by atoms with van der Waals surface area (Å²) in [6.07, 6.45) is 6.66. The highest BCUT2D eigenvalue weighted by Crippen LogP contribution is 2.43. The Kier molecular flexibility index (Phi) is 6.16. The van der Waals surface area contributed by atoms with Crippen molar-refractivity contribution in [3.8, 4) is 5.75 Å². The van der Waals surface area contributed by atoms with E-state index in [4.69, 9.17) is 4.74 Å². The zero-order valence-corrected chi connectivity index (χ0v) is 13.1. The molecule has 102 valence electrons. The Morgan fingerprint density at radius 3 is 2.28 bits per heavy atom. The second-order valence-corrected chi connectivity index (χ2v) is 5.07. The second kappa shape index (κ2) is 7.15. The summed E-state index contributed by atoms with van der Waals surface area (Å²) in [4.78, 5) is 0. The van der Waals surface area contributed by atoms with Gasteiger partial charge in [0.2, 0.25) is 0 Å². The predicted octanol–water partition coefficient (Wildman–Crippen LogP) is 3.69. The summed E-state index contributed by atoms with van der Waals surface area (Å²) in [6, 6.07) is 8.68. The fourth-order valence-corrected chi connectivity index (χ4v) is 3.04. The number of hydrogen-bond donors (Lipinski definition) is 1. The molecule has 1 fully saturated rings. The molecule has 1 saturated carbocycles. The predicted molar refractivity (Wildman–Crippen MR) is 82.0 cm³/mol. The van der Waals surface area contributed by atoms with E-state index in [1.807, 2.05) is 7.05 Å². The average Bonchev–Trinajstić information content (AvgIpc) is 2.86. The highest BCUT2D eigenvalue weighted by Gasteiger charge is 2.34. The fourth-order valence-electron chi connectivity index (χ4n) is 3.04. The van der Waals surface area contributed by atoms with Crippen LogP contribution < -0.4 is 10.1 Å². The molecule has 0 aliphatic heterocycles. The van der Waals surface area contributed by atoms with Crippen molar-refractivity contribution >= 4 is 17.0 Å². The third-order valence-electron chi connectivity index (χ3n) is 4.12. The van der Waals surface area contributed by atoms with E-state index in [0.717, 1.165) is 12.3 Å². The van der Waals surface area contributed by atoms with E-state index in [1.54, 1.807) is 7.11 Å². The summed E-state index contributed by atoms with van der Waals surface area (Å²) < 4.78 is 5.23.